The molecule has 0 aliphatic rings. The van der Waals surface area contributed by atoms with E-state index >= 15 is 0 Å². The molecule has 4 aromatic rings. The maximum absolute atomic E-state index is 13.4. The summed E-state index contributed by atoms with van der Waals surface area (Å²) in [5, 5.41) is 7.52. The van der Waals surface area contributed by atoms with Gasteiger partial charge in [-0.05, 0) is 36.8 Å². The predicted octanol–water partition coefficient (Wildman–Crippen LogP) is 4.34. The molecule has 2 aromatic carbocycles. The zero-order valence-electron chi connectivity index (χ0n) is 15.4. The summed E-state index contributed by atoms with van der Waals surface area (Å²) >= 11 is 0. The van der Waals surface area contributed by atoms with Gasteiger partial charge in [0.25, 0.3) is 5.91 Å². The summed E-state index contributed by atoms with van der Waals surface area (Å²) in [7, 11) is 0. The Hall–Kier alpha value is -3.54. The first-order valence-corrected chi connectivity index (χ1v) is 9.16. The van der Waals surface area contributed by atoms with Crippen molar-refractivity contribution in [1.29, 1.82) is 0 Å². The van der Waals surface area contributed by atoms with Gasteiger partial charge >= 0.3 is 0 Å². The normalized spacial score (nSPS) is 10.9. The van der Waals surface area contributed by atoms with Gasteiger partial charge in [0.2, 0.25) is 0 Å². The zero-order valence-corrected chi connectivity index (χ0v) is 15.4. The van der Waals surface area contributed by atoms with Crippen LogP contribution in [0.3, 0.4) is 0 Å². The first-order valence-electron chi connectivity index (χ1n) is 9.16. The highest BCUT2D eigenvalue weighted by Gasteiger charge is 2.16. The van der Waals surface area contributed by atoms with E-state index in [4.69, 9.17) is 0 Å². The third-order valence-corrected chi connectivity index (χ3v) is 4.40. The third-order valence-electron chi connectivity index (χ3n) is 4.40. The van der Waals surface area contributed by atoms with Crippen LogP contribution in [-0.2, 0) is 0 Å². The van der Waals surface area contributed by atoms with Crippen molar-refractivity contribution in [2.24, 2.45) is 0 Å². The molecule has 0 saturated heterocycles. The molecule has 0 radical (unpaired) electrons. The van der Waals surface area contributed by atoms with Crippen molar-refractivity contribution in [3.63, 3.8) is 0 Å². The number of nitrogens with zero attached hydrogens (tertiary/aromatic N) is 3. The highest BCUT2D eigenvalue weighted by Crippen LogP contribution is 2.25. The molecule has 0 unspecified atom stereocenters. The van der Waals surface area contributed by atoms with Crippen LogP contribution in [0.1, 0.15) is 23.8 Å². The van der Waals surface area contributed by atoms with Gasteiger partial charge in [-0.15, -0.1) is 0 Å². The lowest BCUT2D eigenvalue weighted by molar-refractivity contribution is 0.0949. The lowest BCUT2D eigenvalue weighted by Crippen LogP contribution is -2.25. The van der Waals surface area contributed by atoms with Gasteiger partial charge in [0, 0.05) is 23.7 Å². The van der Waals surface area contributed by atoms with Crippen molar-refractivity contribution in [2.75, 3.05) is 6.54 Å². The summed E-state index contributed by atoms with van der Waals surface area (Å²) in [6.45, 7) is 2.57. The van der Waals surface area contributed by atoms with Crippen LogP contribution in [0.4, 0.5) is 4.39 Å². The number of amides is 1. The molecule has 0 spiro atoms. The number of rotatable bonds is 5. The largest absolute Gasteiger partial charge is 0.351 e. The molecule has 0 saturated carbocycles. The fourth-order valence-corrected chi connectivity index (χ4v) is 3.00. The fourth-order valence-electron chi connectivity index (χ4n) is 3.00. The fraction of sp³-hybridized carbons (Fsp3) is 0.136. The molecule has 0 bridgehead atoms. The molecule has 2 aromatic heterocycles. The van der Waals surface area contributed by atoms with Crippen LogP contribution in [-0.4, -0.2) is 27.0 Å². The second kappa shape index (κ2) is 7.60. The van der Waals surface area contributed by atoms with E-state index < -0.39 is 0 Å². The van der Waals surface area contributed by atoms with Crippen LogP contribution in [0.25, 0.3) is 28.2 Å². The molecule has 0 fully saturated rings. The molecular weight excluding hydrogens is 355 g/mol. The Bertz CT molecular complexity index is 1120. The Kier molecular flexibility index (Phi) is 4.85. The van der Waals surface area contributed by atoms with Crippen LogP contribution >= 0.6 is 0 Å². The van der Waals surface area contributed by atoms with Crippen LogP contribution in [0, 0.1) is 5.82 Å². The Balaban J connectivity index is 1.89. The van der Waals surface area contributed by atoms with Gasteiger partial charge in [0.05, 0.1) is 11.4 Å². The van der Waals surface area contributed by atoms with Crippen LogP contribution in [0.15, 0.2) is 66.7 Å². The van der Waals surface area contributed by atoms with E-state index in [1.165, 1.54) is 12.1 Å². The van der Waals surface area contributed by atoms with Gasteiger partial charge in [-0.2, -0.15) is 5.10 Å². The number of fused-ring (bicyclic) bond motifs is 1. The van der Waals surface area contributed by atoms with E-state index in [0.29, 0.717) is 23.6 Å². The van der Waals surface area contributed by atoms with Crippen molar-refractivity contribution in [3.05, 3.63) is 78.2 Å². The van der Waals surface area contributed by atoms with E-state index in [1.54, 1.807) is 22.7 Å². The maximum atomic E-state index is 13.4. The minimum absolute atomic E-state index is 0.241. The molecule has 28 heavy (non-hydrogen) atoms. The molecule has 4 rings (SSSR count). The number of carbonyl (C=O) groups excluding carboxylic acids is 1. The summed E-state index contributed by atoms with van der Waals surface area (Å²) in [4.78, 5) is 17.0. The maximum Gasteiger partial charge on any atom is 0.270 e. The van der Waals surface area contributed by atoms with E-state index in [-0.39, 0.29) is 11.7 Å². The predicted molar refractivity (Wildman–Crippen MR) is 106 cm³/mol. The van der Waals surface area contributed by atoms with Crippen LogP contribution in [0.2, 0.25) is 0 Å². The molecule has 0 aliphatic heterocycles. The number of nitrogens with one attached hydrogen (secondary N) is 1. The molecule has 0 aliphatic carbocycles. The minimum atomic E-state index is -0.319. The lowest BCUT2D eigenvalue weighted by atomic mass is 10.1. The molecule has 1 N–H and O–H groups in total. The lowest BCUT2D eigenvalue weighted by Gasteiger charge is -2.08. The van der Waals surface area contributed by atoms with Gasteiger partial charge in [-0.3, -0.25) is 4.79 Å². The van der Waals surface area contributed by atoms with Crippen LogP contribution in [0.5, 0.6) is 0 Å². The average Bonchev–Trinajstić information content (AvgIpc) is 3.17. The molecule has 6 heteroatoms. The van der Waals surface area contributed by atoms with Gasteiger partial charge < -0.3 is 5.32 Å². The van der Waals surface area contributed by atoms with Gasteiger partial charge in [-0.25, -0.2) is 13.9 Å². The zero-order chi connectivity index (χ0) is 19.5. The second-order valence-corrected chi connectivity index (χ2v) is 6.46. The number of hydrogen-bond donors (Lipinski definition) is 1. The number of benzene rings is 2. The third kappa shape index (κ3) is 3.49. The van der Waals surface area contributed by atoms with Crippen molar-refractivity contribution in [2.45, 2.75) is 13.3 Å². The summed E-state index contributed by atoms with van der Waals surface area (Å²) in [6, 6.07) is 19.4. The summed E-state index contributed by atoms with van der Waals surface area (Å²) in [5.74, 6) is -0.560. The first-order chi connectivity index (χ1) is 13.7. The number of hydrogen-bond acceptors (Lipinski definition) is 3. The smallest absolute Gasteiger partial charge is 0.270 e. The molecule has 1 amide bonds. The molecular formula is C22H19FN4O. The Labute approximate surface area is 161 Å². The highest BCUT2D eigenvalue weighted by molar-refractivity contribution is 5.94. The van der Waals surface area contributed by atoms with Gasteiger partial charge in [0.15, 0.2) is 5.65 Å². The summed E-state index contributed by atoms with van der Waals surface area (Å²) in [5.41, 5.74) is 4.00. The van der Waals surface area contributed by atoms with E-state index in [2.05, 4.69) is 15.4 Å². The molecule has 140 valence electrons. The molecule has 5 nitrogen and oxygen atoms in total. The number of halogens is 1. The first kappa shape index (κ1) is 17.9. The average molecular weight is 374 g/mol. The minimum Gasteiger partial charge on any atom is -0.351 e. The Morgan fingerprint density at radius 3 is 2.50 bits per heavy atom. The standard InChI is InChI=1S/C22H19FN4O/c1-2-12-24-22(28)19-13-20(16-8-10-17(23)11-9-16)27-21(25-19)14-18(26-27)15-6-4-3-5-7-15/h3-11,13-14H,2,12H2,1H3,(H,24,28). The molecule has 2 heterocycles. The van der Waals surface area contributed by atoms with E-state index in [1.807, 2.05) is 43.3 Å². The Morgan fingerprint density at radius 2 is 1.79 bits per heavy atom. The number of aromatic nitrogens is 3. The summed E-state index contributed by atoms with van der Waals surface area (Å²) < 4.78 is 15.1. The second-order valence-electron chi connectivity index (χ2n) is 6.46. The van der Waals surface area contributed by atoms with Gasteiger partial charge in [-0.1, -0.05) is 37.3 Å². The van der Waals surface area contributed by atoms with Crippen molar-refractivity contribution in [3.8, 4) is 22.5 Å². The SMILES string of the molecule is CCCNC(=O)c1cc(-c2ccc(F)cc2)n2nc(-c3ccccc3)cc2n1. The van der Waals surface area contributed by atoms with Gasteiger partial charge in [0.1, 0.15) is 11.5 Å². The van der Waals surface area contributed by atoms with Crippen molar-refractivity contribution in [1.82, 2.24) is 19.9 Å². The van der Waals surface area contributed by atoms with Crippen LogP contribution < -0.4 is 5.32 Å². The van der Waals surface area contributed by atoms with Crippen molar-refractivity contribution < 1.29 is 9.18 Å². The molecule has 0 atom stereocenters. The number of carbonyl (C=O) groups is 1. The topological polar surface area (TPSA) is 59.3 Å². The monoisotopic (exact) mass is 374 g/mol. The Morgan fingerprint density at radius 1 is 1.04 bits per heavy atom. The summed E-state index contributed by atoms with van der Waals surface area (Å²) in [6.07, 6.45) is 0.837. The highest BCUT2D eigenvalue weighted by atomic mass is 19.1. The quantitative estimate of drug-likeness (QED) is 0.565. The van der Waals surface area contributed by atoms with Crippen molar-refractivity contribution >= 4 is 11.6 Å². The van der Waals surface area contributed by atoms with E-state index in [9.17, 15) is 9.18 Å². The van der Waals surface area contributed by atoms with E-state index in [0.717, 1.165) is 23.2 Å².